The normalized spacial score (nSPS) is 25.6. The lowest BCUT2D eigenvalue weighted by Crippen LogP contribution is -2.18. The van der Waals surface area contributed by atoms with E-state index < -0.39 is 0 Å². The second-order valence-corrected chi connectivity index (χ2v) is 6.48. The molecule has 2 heteroatoms. The van der Waals surface area contributed by atoms with Crippen molar-refractivity contribution in [2.45, 2.75) is 50.5 Å². The van der Waals surface area contributed by atoms with Gasteiger partial charge < -0.3 is 4.74 Å². The van der Waals surface area contributed by atoms with E-state index in [9.17, 15) is 0 Å². The fourth-order valence-corrected chi connectivity index (χ4v) is 3.64. The monoisotopic (exact) mass is 310 g/mol. The molecule has 0 N–H and O–H groups in total. The van der Waals surface area contributed by atoms with E-state index in [4.69, 9.17) is 4.74 Å². The predicted molar refractivity (Wildman–Crippen MR) is 80.3 cm³/mol. The topological polar surface area (TPSA) is 9.23 Å². The van der Waals surface area contributed by atoms with E-state index >= 15 is 0 Å². The average Bonchev–Trinajstić information content (AvgIpc) is 2.86. The van der Waals surface area contributed by atoms with Crippen LogP contribution in [0.15, 0.2) is 24.3 Å². The number of alkyl halides is 1. The van der Waals surface area contributed by atoms with E-state index in [1.54, 1.807) is 0 Å². The highest BCUT2D eigenvalue weighted by atomic mass is 79.9. The van der Waals surface area contributed by atoms with Gasteiger partial charge in [-0.1, -0.05) is 61.0 Å². The Bertz CT molecular complexity index is 371. The SMILES string of the molecule is CCC1OCCC1C(Br)c1ccc(C(C)C)cc1. The first-order chi connectivity index (χ1) is 8.63. The average molecular weight is 311 g/mol. The molecule has 1 aliphatic rings. The fraction of sp³-hybridized carbons (Fsp3) is 0.625. The van der Waals surface area contributed by atoms with Gasteiger partial charge in [-0.2, -0.15) is 0 Å². The number of benzene rings is 1. The van der Waals surface area contributed by atoms with Crippen LogP contribution in [0.2, 0.25) is 0 Å². The molecule has 18 heavy (non-hydrogen) atoms. The van der Waals surface area contributed by atoms with Crippen LogP contribution >= 0.6 is 15.9 Å². The minimum Gasteiger partial charge on any atom is -0.378 e. The third kappa shape index (κ3) is 2.97. The lowest BCUT2D eigenvalue weighted by Gasteiger charge is -2.23. The number of ether oxygens (including phenoxy) is 1. The van der Waals surface area contributed by atoms with Crippen LogP contribution in [0.4, 0.5) is 0 Å². The van der Waals surface area contributed by atoms with Crippen LogP contribution in [-0.2, 0) is 4.74 Å². The molecule has 1 aromatic rings. The van der Waals surface area contributed by atoms with Gasteiger partial charge in [-0.05, 0) is 29.9 Å². The van der Waals surface area contributed by atoms with Gasteiger partial charge in [-0.25, -0.2) is 0 Å². The van der Waals surface area contributed by atoms with E-state index in [0.29, 0.717) is 22.8 Å². The van der Waals surface area contributed by atoms with Crippen molar-refractivity contribution in [3.8, 4) is 0 Å². The maximum atomic E-state index is 5.79. The summed E-state index contributed by atoms with van der Waals surface area (Å²) in [5, 5.41) is 0. The molecule has 100 valence electrons. The summed E-state index contributed by atoms with van der Waals surface area (Å²) >= 11 is 3.88. The molecule has 1 fully saturated rings. The Kier molecular flexibility index (Phi) is 4.85. The van der Waals surface area contributed by atoms with Crippen molar-refractivity contribution in [1.82, 2.24) is 0 Å². The zero-order valence-electron chi connectivity index (χ0n) is 11.5. The van der Waals surface area contributed by atoms with Gasteiger partial charge >= 0.3 is 0 Å². The second kappa shape index (κ2) is 6.21. The summed E-state index contributed by atoms with van der Waals surface area (Å²) in [5.74, 6) is 1.21. The maximum Gasteiger partial charge on any atom is 0.0615 e. The van der Waals surface area contributed by atoms with Gasteiger partial charge in [0.15, 0.2) is 0 Å². The van der Waals surface area contributed by atoms with Crippen molar-refractivity contribution < 1.29 is 4.74 Å². The molecule has 0 amide bonds. The standard InChI is InChI=1S/C16H23BrO/c1-4-15-14(9-10-18-15)16(17)13-7-5-12(6-8-13)11(2)3/h5-8,11,14-16H,4,9-10H2,1-3H3. The zero-order chi connectivity index (χ0) is 13.1. The molecular formula is C16H23BrO. The third-order valence-corrected chi connectivity index (χ3v) is 5.17. The van der Waals surface area contributed by atoms with Crippen LogP contribution in [0.5, 0.6) is 0 Å². The summed E-state index contributed by atoms with van der Waals surface area (Å²) in [6.07, 6.45) is 2.69. The number of rotatable bonds is 4. The second-order valence-electron chi connectivity index (χ2n) is 5.49. The minimum absolute atomic E-state index is 0.416. The molecule has 2 rings (SSSR count). The molecule has 0 bridgehead atoms. The molecule has 1 aromatic carbocycles. The first-order valence-electron chi connectivity index (χ1n) is 6.99. The molecule has 0 aromatic heterocycles. The molecule has 1 nitrogen and oxygen atoms in total. The fourth-order valence-electron chi connectivity index (χ4n) is 2.73. The molecule has 0 aliphatic carbocycles. The van der Waals surface area contributed by atoms with Crippen molar-refractivity contribution in [2.75, 3.05) is 6.61 Å². The minimum atomic E-state index is 0.416. The summed E-state index contributed by atoms with van der Waals surface area (Å²) in [6.45, 7) is 7.59. The summed E-state index contributed by atoms with van der Waals surface area (Å²) in [4.78, 5) is 0.422. The highest BCUT2D eigenvalue weighted by Gasteiger charge is 2.32. The Morgan fingerprint density at radius 3 is 2.39 bits per heavy atom. The van der Waals surface area contributed by atoms with Crippen LogP contribution in [0.25, 0.3) is 0 Å². The van der Waals surface area contributed by atoms with Gasteiger partial charge in [-0.15, -0.1) is 0 Å². The summed E-state index contributed by atoms with van der Waals surface area (Å²) in [5.41, 5.74) is 2.79. The van der Waals surface area contributed by atoms with Gasteiger partial charge in [0, 0.05) is 17.4 Å². The van der Waals surface area contributed by atoms with E-state index in [0.717, 1.165) is 13.0 Å². The van der Waals surface area contributed by atoms with Crippen LogP contribution in [0, 0.1) is 5.92 Å². The van der Waals surface area contributed by atoms with Crippen LogP contribution < -0.4 is 0 Å². The van der Waals surface area contributed by atoms with Crippen molar-refractivity contribution in [1.29, 1.82) is 0 Å². The predicted octanol–water partition coefficient (Wildman–Crippen LogP) is 5.06. The van der Waals surface area contributed by atoms with Gasteiger partial charge in [0.1, 0.15) is 0 Å². The van der Waals surface area contributed by atoms with Crippen LogP contribution in [-0.4, -0.2) is 12.7 Å². The molecule has 3 unspecified atom stereocenters. The number of hydrogen-bond donors (Lipinski definition) is 0. The molecular weight excluding hydrogens is 288 g/mol. The molecule has 3 atom stereocenters. The highest BCUT2D eigenvalue weighted by molar-refractivity contribution is 9.09. The first-order valence-corrected chi connectivity index (χ1v) is 7.90. The Morgan fingerprint density at radius 2 is 1.83 bits per heavy atom. The summed E-state index contributed by atoms with van der Waals surface area (Å²) in [7, 11) is 0. The van der Waals surface area contributed by atoms with Crippen molar-refractivity contribution >= 4 is 15.9 Å². The van der Waals surface area contributed by atoms with Crippen LogP contribution in [0.1, 0.15) is 55.5 Å². The Balaban J connectivity index is 2.10. The highest BCUT2D eigenvalue weighted by Crippen LogP contribution is 2.40. The Hall–Kier alpha value is -0.340. The first kappa shape index (κ1) is 14.1. The van der Waals surface area contributed by atoms with Crippen molar-refractivity contribution in [3.05, 3.63) is 35.4 Å². The van der Waals surface area contributed by atoms with E-state index in [1.165, 1.54) is 17.5 Å². The van der Waals surface area contributed by atoms with Crippen LogP contribution in [0.3, 0.4) is 0 Å². The van der Waals surface area contributed by atoms with Crippen molar-refractivity contribution in [2.24, 2.45) is 5.92 Å². The van der Waals surface area contributed by atoms with Gasteiger partial charge in [0.25, 0.3) is 0 Å². The number of halogens is 1. The Morgan fingerprint density at radius 1 is 1.22 bits per heavy atom. The molecule has 0 saturated carbocycles. The smallest absolute Gasteiger partial charge is 0.0615 e. The van der Waals surface area contributed by atoms with E-state index in [-0.39, 0.29) is 0 Å². The molecule has 1 heterocycles. The summed E-state index contributed by atoms with van der Waals surface area (Å²) < 4.78 is 5.79. The van der Waals surface area contributed by atoms with Gasteiger partial charge in [0.2, 0.25) is 0 Å². The van der Waals surface area contributed by atoms with E-state index in [2.05, 4.69) is 61.0 Å². The molecule has 0 radical (unpaired) electrons. The van der Waals surface area contributed by atoms with Gasteiger partial charge in [-0.3, -0.25) is 0 Å². The number of hydrogen-bond acceptors (Lipinski definition) is 1. The van der Waals surface area contributed by atoms with Crippen molar-refractivity contribution in [3.63, 3.8) is 0 Å². The summed E-state index contributed by atoms with van der Waals surface area (Å²) in [6, 6.07) is 9.04. The lowest BCUT2D eigenvalue weighted by molar-refractivity contribution is 0.0873. The molecule has 1 saturated heterocycles. The molecule has 1 aliphatic heterocycles. The lowest BCUT2D eigenvalue weighted by atomic mass is 9.91. The van der Waals surface area contributed by atoms with Gasteiger partial charge in [0.05, 0.1) is 6.10 Å². The zero-order valence-corrected chi connectivity index (χ0v) is 13.1. The largest absolute Gasteiger partial charge is 0.378 e. The maximum absolute atomic E-state index is 5.79. The Labute approximate surface area is 119 Å². The van der Waals surface area contributed by atoms with E-state index in [1.807, 2.05) is 0 Å². The molecule has 0 spiro atoms. The quantitative estimate of drug-likeness (QED) is 0.706. The third-order valence-electron chi connectivity index (χ3n) is 3.96.